The first-order valence-electron chi connectivity index (χ1n) is 8.74. The number of carbonyl (C=O) groups excluding carboxylic acids is 1. The van der Waals surface area contributed by atoms with Crippen molar-refractivity contribution in [2.45, 2.75) is 20.0 Å². The van der Waals surface area contributed by atoms with Crippen LogP contribution < -0.4 is 0 Å². The SMILES string of the molecule is Cc1ccc(-c2nn(-c3ccccc3)cc2C(=O)N2CCOC(C)C2)o1. The van der Waals surface area contributed by atoms with Crippen molar-refractivity contribution >= 4 is 5.91 Å². The number of para-hydroxylation sites is 1. The number of rotatable bonds is 3. The summed E-state index contributed by atoms with van der Waals surface area (Å²) < 4.78 is 13.0. The number of morpholine rings is 1. The topological polar surface area (TPSA) is 60.5 Å². The second kappa shape index (κ2) is 6.80. The van der Waals surface area contributed by atoms with E-state index >= 15 is 0 Å². The highest BCUT2D eigenvalue weighted by atomic mass is 16.5. The lowest BCUT2D eigenvalue weighted by Gasteiger charge is -2.31. The van der Waals surface area contributed by atoms with Crippen LogP contribution in [0.2, 0.25) is 0 Å². The van der Waals surface area contributed by atoms with E-state index in [9.17, 15) is 4.79 Å². The molecule has 4 rings (SSSR count). The number of amides is 1. The third kappa shape index (κ3) is 3.15. The first-order valence-corrected chi connectivity index (χ1v) is 8.74. The van der Waals surface area contributed by atoms with Gasteiger partial charge in [-0.2, -0.15) is 5.10 Å². The molecule has 0 saturated carbocycles. The predicted molar refractivity (Wildman–Crippen MR) is 97.3 cm³/mol. The molecular formula is C20H21N3O3. The number of ether oxygens (including phenoxy) is 1. The maximum absolute atomic E-state index is 13.2. The van der Waals surface area contributed by atoms with Crippen LogP contribution in [0.25, 0.3) is 17.1 Å². The molecule has 0 radical (unpaired) electrons. The fraction of sp³-hybridized carbons (Fsp3) is 0.300. The highest BCUT2D eigenvalue weighted by molar-refractivity contribution is 5.99. The van der Waals surface area contributed by atoms with Crippen LogP contribution in [0.15, 0.2) is 53.1 Å². The van der Waals surface area contributed by atoms with Crippen LogP contribution in [0.3, 0.4) is 0 Å². The average molecular weight is 351 g/mol. The molecule has 0 N–H and O–H groups in total. The molecule has 134 valence electrons. The monoisotopic (exact) mass is 351 g/mol. The van der Waals surface area contributed by atoms with E-state index < -0.39 is 0 Å². The predicted octanol–water partition coefficient (Wildman–Crippen LogP) is 3.30. The van der Waals surface area contributed by atoms with Crippen molar-refractivity contribution < 1.29 is 13.9 Å². The van der Waals surface area contributed by atoms with Crippen LogP contribution in [-0.2, 0) is 4.74 Å². The molecule has 0 bridgehead atoms. The fourth-order valence-electron chi connectivity index (χ4n) is 3.16. The first-order chi connectivity index (χ1) is 12.6. The zero-order chi connectivity index (χ0) is 18.1. The van der Waals surface area contributed by atoms with Crippen LogP contribution in [0.4, 0.5) is 0 Å². The second-order valence-corrected chi connectivity index (χ2v) is 6.51. The second-order valence-electron chi connectivity index (χ2n) is 6.51. The van der Waals surface area contributed by atoms with Gasteiger partial charge in [0.2, 0.25) is 0 Å². The maximum Gasteiger partial charge on any atom is 0.258 e. The fourth-order valence-corrected chi connectivity index (χ4v) is 3.16. The smallest absolute Gasteiger partial charge is 0.258 e. The quantitative estimate of drug-likeness (QED) is 0.726. The van der Waals surface area contributed by atoms with E-state index in [1.165, 1.54) is 0 Å². The van der Waals surface area contributed by atoms with Gasteiger partial charge >= 0.3 is 0 Å². The molecule has 1 aliphatic rings. The molecule has 0 spiro atoms. The van der Waals surface area contributed by atoms with Gasteiger partial charge in [0.15, 0.2) is 5.76 Å². The Morgan fingerprint density at radius 2 is 2.00 bits per heavy atom. The summed E-state index contributed by atoms with van der Waals surface area (Å²) in [6, 6.07) is 13.5. The molecule has 1 fully saturated rings. The van der Waals surface area contributed by atoms with Crippen molar-refractivity contribution in [2.75, 3.05) is 19.7 Å². The van der Waals surface area contributed by atoms with Gasteiger partial charge in [-0.05, 0) is 38.1 Å². The summed E-state index contributed by atoms with van der Waals surface area (Å²) in [6.07, 6.45) is 1.82. The number of nitrogens with zero attached hydrogens (tertiary/aromatic N) is 3. The van der Waals surface area contributed by atoms with E-state index in [1.807, 2.05) is 61.2 Å². The number of carbonyl (C=O) groups is 1. The van der Waals surface area contributed by atoms with Crippen molar-refractivity contribution in [3.63, 3.8) is 0 Å². The van der Waals surface area contributed by atoms with E-state index in [2.05, 4.69) is 5.10 Å². The molecule has 26 heavy (non-hydrogen) atoms. The van der Waals surface area contributed by atoms with Crippen molar-refractivity contribution in [3.05, 3.63) is 60.0 Å². The minimum absolute atomic E-state index is 0.0335. The molecule has 3 heterocycles. The Kier molecular flexibility index (Phi) is 4.34. The summed E-state index contributed by atoms with van der Waals surface area (Å²) >= 11 is 0. The third-order valence-electron chi connectivity index (χ3n) is 4.47. The first kappa shape index (κ1) is 16.6. The van der Waals surface area contributed by atoms with Gasteiger partial charge in [-0.15, -0.1) is 0 Å². The maximum atomic E-state index is 13.2. The van der Waals surface area contributed by atoms with E-state index in [4.69, 9.17) is 9.15 Å². The zero-order valence-corrected chi connectivity index (χ0v) is 14.9. The van der Waals surface area contributed by atoms with Crippen LogP contribution in [-0.4, -0.2) is 46.4 Å². The molecule has 1 unspecified atom stereocenters. The number of hydrogen-bond donors (Lipinski definition) is 0. The standard InChI is InChI=1S/C20H21N3O3/c1-14-8-9-18(26-14)19-17(20(24)22-10-11-25-15(2)12-22)13-23(21-19)16-6-4-3-5-7-16/h3-9,13,15H,10-12H2,1-2H3. The normalized spacial score (nSPS) is 17.5. The molecule has 2 aromatic heterocycles. The summed E-state index contributed by atoms with van der Waals surface area (Å²) in [5.41, 5.74) is 2.00. The van der Waals surface area contributed by atoms with Gasteiger partial charge in [0.1, 0.15) is 11.5 Å². The molecular weight excluding hydrogens is 330 g/mol. The Bertz CT molecular complexity index is 914. The molecule has 1 amide bonds. The van der Waals surface area contributed by atoms with Gasteiger partial charge < -0.3 is 14.1 Å². The lowest BCUT2D eigenvalue weighted by atomic mass is 10.1. The van der Waals surface area contributed by atoms with Crippen molar-refractivity contribution in [3.8, 4) is 17.1 Å². The number of furan rings is 1. The Labute approximate surface area is 152 Å². The Balaban J connectivity index is 1.76. The van der Waals surface area contributed by atoms with Gasteiger partial charge in [-0.3, -0.25) is 4.79 Å². The van der Waals surface area contributed by atoms with Crippen LogP contribution in [0.5, 0.6) is 0 Å². The highest BCUT2D eigenvalue weighted by Gasteiger charge is 2.28. The highest BCUT2D eigenvalue weighted by Crippen LogP contribution is 2.27. The molecule has 3 aromatic rings. The van der Waals surface area contributed by atoms with Crippen LogP contribution in [0, 0.1) is 6.92 Å². The lowest BCUT2D eigenvalue weighted by molar-refractivity contribution is -0.0124. The van der Waals surface area contributed by atoms with Gasteiger partial charge in [-0.1, -0.05) is 18.2 Å². The molecule has 1 aromatic carbocycles. The number of aryl methyl sites for hydroxylation is 1. The van der Waals surface area contributed by atoms with Gasteiger partial charge in [0.05, 0.1) is 24.0 Å². The summed E-state index contributed by atoms with van der Waals surface area (Å²) in [4.78, 5) is 15.0. The molecule has 1 saturated heterocycles. The largest absolute Gasteiger partial charge is 0.460 e. The Morgan fingerprint density at radius 1 is 1.19 bits per heavy atom. The number of aromatic nitrogens is 2. The summed E-state index contributed by atoms with van der Waals surface area (Å²) in [7, 11) is 0. The summed E-state index contributed by atoms with van der Waals surface area (Å²) in [6.45, 7) is 5.56. The summed E-state index contributed by atoms with van der Waals surface area (Å²) in [5.74, 6) is 1.33. The minimum atomic E-state index is -0.0496. The molecule has 6 nitrogen and oxygen atoms in total. The van der Waals surface area contributed by atoms with Gasteiger partial charge in [-0.25, -0.2) is 4.68 Å². The van der Waals surface area contributed by atoms with Crippen molar-refractivity contribution in [1.29, 1.82) is 0 Å². The average Bonchev–Trinajstić information content (AvgIpc) is 3.28. The van der Waals surface area contributed by atoms with Crippen LogP contribution >= 0.6 is 0 Å². The molecule has 1 aliphatic heterocycles. The number of hydrogen-bond acceptors (Lipinski definition) is 4. The third-order valence-corrected chi connectivity index (χ3v) is 4.47. The van der Waals surface area contributed by atoms with Crippen molar-refractivity contribution in [1.82, 2.24) is 14.7 Å². The Hall–Kier alpha value is -2.86. The summed E-state index contributed by atoms with van der Waals surface area (Å²) in [5, 5.41) is 4.64. The number of benzene rings is 1. The van der Waals surface area contributed by atoms with Gasteiger partial charge in [0.25, 0.3) is 5.91 Å². The lowest BCUT2D eigenvalue weighted by Crippen LogP contribution is -2.44. The van der Waals surface area contributed by atoms with E-state index in [0.29, 0.717) is 36.7 Å². The molecule has 1 atom stereocenters. The molecule has 0 aliphatic carbocycles. The van der Waals surface area contributed by atoms with Crippen LogP contribution in [0.1, 0.15) is 23.0 Å². The zero-order valence-electron chi connectivity index (χ0n) is 14.9. The van der Waals surface area contributed by atoms with Crippen molar-refractivity contribution in [2.24, 2.45) is 0 Å². The van der Waals surface area contributed by atoms with E-state index in [-0.39, 0.29) is 12.0 Å². The van der Waals surface area contributed by atoms with E-state index in [0.717, 1.165) is 11.4 Å². The molecule has 6 heteroatoms. The van der Waals surface area contributed by atoms with E-state index in [1.54, 1.807) is 10.9 Å². The Morgan fingerprint density at radius 3 is 2.69 bits per heavy atom. The van der Waals surface area contributed by atoms with Gasteiger partial charge in [0, 0.05) is 19.3 Å². The minimum Gasteiger partial charge on any atom is -0.460 e.